The van der Waals surface area contributed by atoms with Gasteiger partial charge in [-0.2, -0.15) is 0 Å². The van der Waals surface area contributed by atoms with Gasteiger partial charge < -0.3 is 5.32 Å². The number of aromatic nitrogens is 2. The smallest absolute Gasteiger partial charge is 0.0800 e. The van der Waals surface area contributed by atoms with Gasteiger partial charge in [-0.1, -0.05) is 44.5 Å². The van der Waals surface area contributed by atoms with Crippen LogP contribution in [0.3, 0.4) is 0 Å². The second-order valence-corrected chi connectivity index (χ2v) is 5.23. The number of nitrogens with one attached hydrogen (secondary N) is 1. The SMILES string of the molecule is CCCCCC(NCCC)c1snnc1CC. The fraction of sp³-hybridized carbons (Fsp3) is 0.846. The van der Waals surface area contributed by atoms with Crippen molar-refractivity contribution in [1.29, 1.82) is 0 Å². The molecule has 98 valence electrons. The van der Waals surface area contributed by atoms with Gasteiger partial charge in [0, 0.05) is 6.04 Å². The summed E-state index contributed by atoms with van der Waals surface area (Å²) in [5, 5.41) is 7.86. The van der Waals surface area contributed by atoms with Crippen LogP contribution in [0, 0.1) is 0 Å². The molecule has 0 aliphatic carbocycles. The Balaban J connectivity index is 2.60. The molecule has 0 aliphatic rings. The maximum Gasteiger partial charge on any atom is 0.0800 e. The molecule has 1 heterocycles. The normalized spacial score (nSPS) is 12.9. The van der Waals surface area contributed by atoms with Crippen LogP contribution in [0.1, 0.15) is 69.5 Å². The van der Waals surface area contributed by atoms with Crippen LogP contribution in [0.5, 0.6) is 0 Å². The molecule has 0 aromatic carbocycles. The number of aryl methyl sites for hydroxylation is 1. The summed E-state index contributed by atoms with van der Waals surface area (Å²) in [6.45, 7) is 7.70. The van der Waals surface area contributed by atoms with Crippen molar-refractivity contribution in [2.75, 3.05) is 6.54 Å². The van der Waals surface area contributed by atoms with Crippen molar-refractivity contribution in [2.24, 2.45) is 0 Å². The van der Waals surface area contributed by atoms with E-state index in [1.54, 1.807) is 11.5 Å². The highest BCUT2D eigenvalue weighted by molar-refractivity contribution is 7.05. The Kier molecular flexibility index (Phi) is 7.37. The Labute approximate surface area is 109 Å². The van der Waals surface area contributed by atoms with Gasteiger partial charge in [-0.05, 0) is 37.3 Å². The fourth-order valence-electron chi connectivity index (χ4n) is 1.97. The van der Waals surface area contributed by atoms with E-state index in [1.165, 1.54) is 42.7 Å². The van der Waals surface area contributed by atoms with Crippen molar-refractivity contribution in [3.05, 3.63) is 10.6 Å². The molecule has 0 amide bonds. The van der Waals surface area contributed by atoms with Crippen molar-refractivity contribution in [1.82, 2.24) is 14.9 Å². The average Bonchev–Trinajstić information content (AvgIpc) is 2.81. The lowest BCUT2D eigenvalue weighted by Crippen LogP contribution is -2.22. The first-order valence-electron chi connectivity index (χ1n) is 6.87. The quantitative estimate of drug-likeness (QED) is 0.683. The van der Waals surface area contributed by atoms with Crippen LogP contribution in [0.25, 0.3) is 0 Å². The predicted molar refractivity (Wildman–Crippen MR) is 74.5 cm³/mol. The monoisotopic (exact) mass is 255 g/mol. The standard InChI is InChI=1S/C13H25N3S/c1-4-7-8-9-12(14-10-5-2)13-11(6-3)15-16-17-13/h12,14H,4-10H2,1-3H3. The lowest BCUT2D eigenvalue weighted by atomic mass is 10.0. The van der Waals surface area contributed by atoms with Gasteiger partial charge >= 0.3 is 0 Å². The second kappa shape index (κ2) is 8.59. The van der Waals surface area contributed by atoms with Gasteiger partial charge in [-0.25, -0.2) is 0 Å². The Morgan fingerprint density at radius 2 is 2.00 bits per heavy atom. The van der Waals surface area contributed by atoms with Crippen LogP contribution < -0.4 is 5.32 Å². The number of rotatable bonds is 9. The van der Waals surface area contributed by atoms with E-state index in [0.717, 1.165) is 13.0 Å². The first-order valence-corrected chi connectivity index (χ1v) is 7.65. The molecule has 0 saturated heterocycles. The average molecular weight is 255 g/mol. The first kappa shape index (κ1) is 14.6. The molecule has 1 aromatic rings. The van der Waals surface area contributed by atoms with E-state index in [9.17, 15) is 0 Å². The van der Waals surface area contributed by atoms with E-state index in [2.05, 4.69) is 35.7 Å². The highest BCUT2D eigenvalue weighted by atomic mass is 32.1. The number of hydrogen-bond donors (Lipinski definition) is 1. The molecule has 4 heteroatoms. The van der Waals surface area contributed by atoms with E-state index >= 15 is 0 Å². The summed E-state index contributed by atoms with van der Waals surface area (Å²) in [5.74, 6) is 0. The predicted octanol–water partition coefficient (Wildman–Crippen LogP) is 3.72. The molecule has 3 nitrogen and oxygen atoms in total. The van der Waals surface area contributed by atoms with E-state index in [4.69, 9.17) is 0 Å². The molecule has 0 radical (unpaired) electrons. The minimum absolute atomic E-state index is 0.469. The summed E-state index contributed by atoms with van der Waals surface area (Å²) in [6, 6.07) is 0.469. The summed E-state index contributed by atoms with van der Waals surface area (Å²) < 4.78 is 4.10. The van der Waals surface area contributed by atoms with E-state index in [1.807, 2.05) is 0 Å². The van der Waals surface area contributed by atoms with Gasteiger partial charge in [0.1, 0.15) is 0 Å². The topological polar surface area (TPSA) is 37.8 Å². The maximum atomic E-state index is 4.22. The molecule has 1 atom stereocenters. The Morgan fingerprint density at radius 1 is 1.18 bits per heavy atom. The largest absolute Gasteiger partial charge is 0.309 e. The summed E-state index contributed by atoms with van der Waals surface area (Å²) >= 11 is 1.57. The molecule has 0 bridgehead atoms. The number of unbranched alkanes of at least 4 members (excludes halogenated alkanes) is 2. The van der Waals surface area contributed by atoms with Crippen LogP contribution >= 0.6 is 11.5 Å². The highest BCUT2D eigenvalue weighted by Gasteiger charge is 2.17. The highest BCUT2D eigenvalue weighted by Crippen LogP contribution is 2.25. The van der Waals surface area contributed by atoms with Crippen LogP contribution in [0.2, 0.25) is 0 Å². The second-order valence-electron chi connectivity index (χ2n) is 4.44. The van der Waals surface area contributed by atoms with E-state index < -0.39 is 0 Å². The first-order chi connectivity index (χ1) is 8.33. The van der Waals surface area contributed by atoms with Crippen LogP contribution in [0.15, 0.2) is 0 Å². The third-order valence-corrected chi connectivity index (χ3v) is 3.85. The van der Waals surface area contributed by atoms with E-state index in [-0.39, 0.29) is 0 Å². The molecule has 1 N–H and O–H groups in total. The summed E-state index contributed by atoms with van der Waals surface area (Å²) in [6.07, 6.45) is 7.27. The van der Waals surface area contributed by atoms with Gasteiger partial charge in [0.15, 0.2) is 0 Å². The molecule has 1 unspecified atom stereocenters. The van der Waals surface area contributed by atoms with E-state index in [0.29, 0.717) is 6.04 Å². The molecule has 0 spiro atoms. The summed E-state index contributed by atoms with van der Waals surface area (Å²) in [7, 11) is 0. The Hall–Kier alpha value is -0.480. The molecule has 1 aromatic heterocycles. The molecule has 0 fully saturated rings. The van der Waals surface area contributed by atoms with Crippen molar-refractivity contribution in [3.63, 3.8) is 0 Å². The molecule has 17 heavy (non-hydrogen) atoms. The molecule has 1 rings (SSSR count). The zero-order valence-electron chi connectivity index (χ0n) is 11.3. The lowest BCUT2D eigenvalue weighted by Gasteiger charge is -2.17. The molecule has 0 saturated carbocycles. The zero-order valence-corrected chi connectivity index (χ0v) is 12.1. The lowest BCUT2D eigenvalue weighted by molar-refractivity contribution is 0.477. The maximum absolute atomic E-state index is 4.22. The summed E-state index contributed by atoms with van der Waals surface area (Å²) in [4.78, 5) is 1.36. The van der Waals surface area contributed by atoms with Crippen LogP contribution in [-0.4, -0.2) is 16.1 Å². The minimum atomic E-state index is 0.469. The van der Waals surface area contributed by atoms with Gasteiger partial charge in [-0.3, -0.25) is 0 Å². The van der Waals surface area contributed by atoms with Crippen LogP contribution in [-0.2, 0) is 6.42 Å². The summed E-state index contributed by atoms with van der Waals surface area (Å²) in [5.41, 5.74) is 1.18. The van der Waals surface area contributed by atoms with Crippen molar-refractivity contribution in [3.8, 4) is 0 Å². The van der Waals surface area contributed by atoms with Gasteiger partial charge in [-0.15, -0.1) is 5.10 Å². The van der Waals surface area contributed by atoms with Gasteiger partial charge in [0.05, 0.1) is 10.6 Å². The third kappa shape index (κ3) is 4.72. The molecular weight excluding hydrogens is 230 g/mol. The van der Waals surface area contributed by atoms with Gasteiger partial charge in [0.2, 0.25) is 0 Å². The minimum Gasteiger partial charge on any atom is -0.309 e. The van der Waals surface area contributed by atoms with Crippen molar-refractivity contribution in [2.45, 2.75) is 65.3 Å². The Morgan fingerprint density at radius 3 is 2.65 bits per heavy atom. The number of hydrogen-bond acceptors (Lipinski definition) is 4. The van der Waals surface area contributed by atoms with Crippen molar-refractivity contribution < 1.29 is 0 Å². The zero-order chi connectivity index (χ0) is 12.5. The molecular formula is C13H25N3S. The fourth-order valence-corrected chi connectivity index (χ4v) is 2.81. The number of nitrogens with zero attached hydrogens (tertiary/aromatic N) is 2. The third-order valence-electron chi connectivity index (χ3n) is 2.97. The Bertz CT molecular complexity index is 299. The van der Waals surface area contributed by atoms with Gasteiger partial charge in [0.25, 0.3) is 0 Å². The van der Waals surface area contributed by atoms with Crippen LogP contribution in [0.4, 0.5) is 0 Å². The van der Waals surface area contributed by atoms with Crippen molar-refractivity contribution >= 4 is 11.5 Å². The molecule has 0 aliphatic heterocycles.